The Morgan fingerprint density at radius 1 is 1.17 bits per heavy atom. The summed E-state index contributed by atoms with van der Waals surface area (Å²) in [4.78, 5) is 11.9. The third kappa shape index (κ3) is 3.08. The fourth-order valence-electron chi connectivity index (χ4n) is 1.41. The fraction of sp³-hybridized carbons (Fsp3) is 0. The number of hydrogen-bond donors (Lipinski definition) is 1. The zero-order valence-electron chi connectivity index (χ0n) is 9.08. The van der Waals surface area contributed by atoms with Crippen LogP contribution in [0.4, 0.5) is 10.1 Å². The molecule has 2 nitrogen and oxygen atoms in total. The summed E-state index contributed by atoms with van der Waals surface area (Å²) in [6.07, 6.45) is 0. The molecule has 0 aliphatic rings. The van der Waals surface area contributed by atoms with Crippen LogP contribution in [-0.2, 0) is 0 Å². The normalized spacial score (nSPS) is 10.2. The monoisotopic (exact) mass is 419 g/mol. The molecule has 92 valence electrons. The van der Waals surface area contributed by atoms with Gasteiger partial charge in [0, 0.05) is 9.26 Å². The van der Waals surface area contributed by atoms with Gasteiger partial charge >= 0.3 is 0 Å². The molecule has 2 aromatic rings. The van der Waals surface area contributed by atoms with Gasteiger partial charge in [0.1, 0.15) is 5.82 Å². The summed E-state index contributed by atoms with van der Waals surface area (Å²) >= 11 is 5.23. The molecule has 0 spiro atoms. The Morgan fingerprint density at radius 3 is 2.50 bits per heavy atom. The van der Waals surface area contributed by atoms with E-state index in [2.05, 4.69) is 43.8 Å². The van der Waals surface area contributed by atoms with Crippen molar-refractivity contribution in [3.05, 3.63) is 61.9 Å². The largest absolute Gasteiger partial charge is 0.322 e. The summed E-state index contributed by atoms with van der Waals surface area (Å²) < 4.78 is 15.1. The molecule has 18 heavy (non-hydrogen) atoms. The van der Waals surface area contributed by atoms with Crippen LogP contribution >= 0.6 is 38.5 Å². The van der Waals surface area contributed by atoms with Gasteiger partial charge in [-0.3, -0.25) is 4.79 Å². The Kier molecular flexibility index (Phi) is 4.34. The lowest BCUT2D eigenvalue weighted by Crippen LogP contribution is -2.13. The molecule has 2 rings (SSSR count). The maximum Gasteiger partial charge on any atom is 0.258 e. The van der Waals surface area contributed by atoms with Crippen molar-refractivity contribution in [1.82, 2.24) is 0 Å². The molecule has 0 radical (unpaired) electrons. The Labute approximate surface area is 126 Å². The van der Waals surface area contributed by atoms with Crippen molar-refractivity contribution in [3.63, 3.8) is 0 Å². The lowest BCUT2D eigenvalue weighted by atomic mass is 10.2. The molecule has 0 saturated carbocycles. The second kappa shape index (κ2) is 5.79. The predicted molar refractivity (Wildman–Crippen MR) is 81.2 cm³/mol. The number of rotatable bonds is 2. The van der Waals surface area contributed by atoms with Gasteiger partial charge in [-0.2, -0.15) is 0 Å². The first-order chi connectivity index (χ1) is 8.58. The highest BCUT2D eigenvalue weighted by Crippen LogP contribution is 2.20. The van der Waals surface area contributed by atoms with E-state index in [4.69, 9.17) is 0 Å². The summed E-state index contributed by atoms with van der Waals surface area (Å²) in [5.41, 5.74) is 0.655. The number of halogens is 3. The van der Waals surface area contributed by atoms with Gasteiger partial charge in [-0.25, -0.2) is 4.39 Å². The standard InChI is InChI=1S/C13H8BrFINO/c14-11-3-1-2-10(12(11)15)13(18)17-9-6-4-8(16)5-7-9/h1-7H,(H,17,18). The van der Waals surface area contributed by atoms with Crippen LogP contribution in [0.25, 0.3) is 0 Å². The second-order valence-electron chi connectivity index (χ2n) is 3.56. The van der Waals surface area contributed by atoms with Crippen molar-refractivity contribution in [2.24, 2.45) is 0 Å². The number of anilines is 1. The minimum absolute atomic E-state index is 0.0166. The van der Waals surface area contributed by atoms with Gasteiger partial charge in [0.25, 0.3) is 5.91 Å². The highest BCUT2D eigenvalue weighted by atomic mass is 127. The highest BCUT2D eigenvalue weighted by molar-refractivity contribution is 14.1. The van der Waals surface area contributed by atoms with Crippen LogP contribution in [-0.4, -0.2) is 5.91 Å². The quantitative estimate of drug-likeness (QED) is 0.716. The zero-order chi connectivity index (χ0) is 13.1. The molecule has 0 bridgehead atoms. The number of benzene rings is 2. The summed E-state index contributed by atoms with van der Waals surface area (Å²) in [7, 11) is 0. The van der Waals surface area contributed by atoms with Crippen molar-refractivity contribution >= 4 is 50.1 Å². The van der Waals surface area contributed by atoms with E-state index in [-0.39, 0.29) is 10.0 Å². The van der Waals surface area contributed by atoms with E-state index in [0.29, 0.717) is 5.69 Å². The Morgan fingerprint density at radius 2 is 1.83 bits per heavy atom. The highest BCUT2D eigenvalue weighted by Gasteiger charge is 2.13. The first kappa shape index (κ1) is 13.5. The summed E-state index contributed by atoms with van der Waals surface area (Å²) in [5.74, 6) is -1.02. The van der Waals surface area contributed by atoms with Gasteiger partial charge in [0.2, 0.25) is 0 Å². The molecule has 0 aromatic heterocycles. The lowest BCUT2D eigenvalue weighted by Gasteiger charge is -2.07. The summed E-state index contributed by atoms with van der Waals surface area (Å²) in [6.45, 7) is 0. The molecular formula is C13H8BrFINO. The molecular weight excluding hydrogens is 412 g/mol. The Hall–Kier alpha value is -0.950. The maximum atomic E-state index is 13.7. The van der Waals surface area contributed by atoms with Gasteiger partial charge in [0.15, 0.2) is 0 Å². The first-order valence-electron chi connectivity index (χ1n) is 5.09. The number of carbonyl (C=O) groups excluding carboxylic acids is 1. The Bertz CT molecular complexity index is 586. The predicted octanol–water partition coefficient (Wildman–Crippen LogP) is 4.45. The smallest absolute Gasteiger partial charge is 0.258 e. The number of amides is 1. The topological polar surface area (TPSA) is 29.1 Å². The Balaban J connectivity index is 2.22. The zero-order valence-corrected chi connectivity index (χ0v) is 12.8. The van der Waals surface area contributed by atoms with E-state index in [1.54, 1.807) is 24.3 Å². The molecule has 0 aliphatic heterocycles. The molecule has 1 amide bonds. The minimum Gasteiger partial charge on any atom is -0.322 e. The second-order valence-corrected chi connectivity index (χ2v) is 5.66. The van der Waals surface area contributed by atoms with Gasteiger partial charge in [-0.1, -0.05) is 6.07 Å². The van der Waals surface area contributed by atoms with Crippen molar-refractivity contribution < 1.29 is 9.18 Å². The molecule has 0 saturated heterocycles. The van der Waals surface area contributed by atoms with Crippen molar-refractivity contribution in [1.29, 1.82) is 0 Å². The van der Waals surface area contributed by atoms with Crippen LogP contribution in [0.3, 0.4) is 0 Å². The van der Waals surface area contributed by atoms with E-state index in [1.165, 1.54) is 6.07 Å². The van der Waals surface area contributed by atoms with Gasteiger partial charge in [-0.05, 0) is 74.9 Å². The van der Waals surface area contributed by atoms with Crippen LogP contribution in [0.15, 0.2) is 46.9 Å². The van der Waals surface area contributed by atoms with Gasteiger partial charge in [0.05, 0.1) is 10.0 Å². The van der Waals surface area contributed by atoms with Crippen molar-refractivity contribution in [2.75, 3.05) is 5.32 Å². The number of carbonyl (C=O) groups is 1. The average Bonchev–Trinajstić information content (AvgIpc) is 2.35. The van der Waals surface area contributed by atoms with E-state index < -0.39 is 11.7 Å². The van der Waals surface area contributed by atoms with E-state index >= 15 is 0 Å². The molecule has 0 atom stereocenters. The molecule has 1 N–H and O–H groups in total. The lowest BCUT2D eigenvalue weighted by molar-refractivity contribution is 0.102. The minimum atomic E-state index is -0.555. The molecule has 2 aromatic carbocycles. The fourth-order valence-corrected chi connectivity index (χ4v) is 2.14. The SMILES string of the molecule is O=C(Nc1ccc(I)cc1)c1cccc(Br)c1F. The van der Waals surface area contributed by atoms with Gasteiger partial charge in [-0.15, -0.1) is 0 Å². The number of hydrogen-bond acceptors (Lipinski definition) is 1. The van der Waals surface area contributed by atoms with Gasteiger partial charge < -0.3 is 5.32 Å². The van der Waals surface area contributed by atoms with Crippen molar-refractivity contribution in [3.8, 4) is 0 Å². The van der Waals surface area contributed by atoms with Crippen molar-refractivity contribution in [2.45, 2.75) is 0 Å². The molecule has 0 aliphatic carbocycles. The molecule has 5 heteroatoms. The van der Waals surface area contributed by atoms with E-state index in [0.717, 1.165) is 3.57 Å². The van der Waals surface area contributed by atoms with E-state index in [1.807, 2.05) is 12.1 Å². The molecule has 0 unspecified atom stereocenters. The molecule has 0 heterocycles. The van der Waals surface area contributed by atoms with Crippen LogP contribution < -0.4 is 5.32 Å². The molecule has 0 fully saturated rings. The summed E-state index contributed by atoms with van der Waals surface area (Å²) in [5, 5.41) is 2.65. The number of nitrogens with one attached hydrogen (secondary N) is 1. The maximum absolute atomic E-state index is 13.7. The van der Waals surface area contributed by atoms with Crippen LogP contribution in [0.1, 0.15) is 10.4 Å². The third-order valence-electron chi connectivity index (χ3n) is 2.30. The van der Waals surface area contributed by atoms with Crippen LogP contribution in [0.5, 0.6) is 0 Å². The van der Waals surface area contributed by atoms with E-state index in [9.17, 15) is 9.18 Å². The van der Waals surface area contributed by atoms with Crippen LogP contribution in [0.2, 0.25) is 0 Å². The average molecular weight is 420 g/mol. The third-order valence-corrected chi connectivity index (χ3v) is 3.63. The van der Waals surface area contributed by atoms with Crippen LogP contribution in [0, 0.1) is 9.39 Å². The summed E-state index contributed by atoms with van der Waals surface area (Å²) in [6, 6.07) is 11.9. The first-order valence-corrected chi connectivity index (χ1v) is 6.96.